The predicted octanol–water partition coefficient (Wildman–Crippen LogP) is 2.39. The van der Waals surface area contributed by atoms with Crippen LogP contribution in [-0.2, 0) is 21.2 Å². The lowest BCUT2D eigenvalue weighted by atomic mass is 10.1. The van der Waals surface area contributed by atoms with Gasteiger partial charge in [-0.2, -0.15) is 0 Å². The summed E-state index contributed by atoms with van der Waals surface area (Å²) in [5.74, 6) is -0.717. The molecule has 2 aromatic rings. The fourth-order valence-corrected chi connectivity index (χ4v) is 3.94. The van der Waals surface area contributed by atoms with E-state index in [9.17, 15) is 18.0 Å². The Morgan fingerprint density at radius 3 is 2.59 bits per heavy atom. The van der Waals surface area contributed by atoms with E-state index in [4.69, 9.17) is 0 Å². The van der Waals surface area contributed by atoms with Crippen LogP contribution in [-0.4, -0.2) is 33.0 Å². The highest BCUT2D eigenvalue weighted by molar-refractivity contribution is 7.92. The fraction of sp³-hybridized carbons (Fsp3) is 0.158. The Kier molecular flexibility index (Phi) is 5.00. The second kappa shape index (κ2) is 7.24. The first-order valence-electron chi connectivity index (χ1n) is 8.24. The van der Waals surface area contributed by atoms with Gasteiger partial charge in [0.15, 0.2) is 0 Å². The molecule has 0 aliphatic carbocycles. The van der Waals surface area contributed by atoms with Gasteiger partial charge in [0.2, 0.25) is 15.9 Å². The number of nitrogens with one attached hydrogen (secondary N) is 2. The Morgan fingerprint density at radius 2 is 1.89 bits per heavy atom. The van der Waals surface area contributed by atoms with Gasteiger partial charge in [0, 0.05) is 29.0 Å². The first-order chi connectivity index (χ1) is 12.8. The molecule has 27 heavy (non-hydrogen) atoms. The van der Waals surface area contributed by atoms with Crippen LogP contribution in [0.25, 0.3) is 0 Å². The molecule has 140 valence electrons. The van der Waals surface area contributed by atoms with E-state index in [1.54, 1.807) is 42.5 Å². The summed E-state index contributed by atoms with van der Waals surface area (Å²) in [6.45, 7) is 3.74. The zero-order valence-corrected chi connectivity index (χ0v) is 15.5. The van der Waals surface area contributed by atoms with E-state index in [1.807, 2.05) is 0 Å². The van der Waals surface area contributed by atoms with E-state index in [2.05, 4.69) is 17.2 Å². The Bertz CT molecular complexity index is 1030. The predicted molar refractivity (Wildman–Crippen MR) is 106 cm³/mol. The van der Waals surface area contributed by atoms with Gasteiger partial charge in [-0.3, -0.25) is 13.9 Å². The summed E-state index contributed by atoms with van der Waals surface area (Å²) in [6, 6.07) is 11.7. The van der Waals surface area contributed by atoms with Gasteiger partial charge in [0.1, 0.15) is 0 Å². The standard InChI is InChI=1S/C19H19N3O4S/c1-3-18(23)20-14-7-4-6-13(12-14)19(24)21-16-8-5-9-17-15(16)10-11-22(17)27(2,25)26/h3-9,12H,1,10-11H2,2H3,(H,20,23)(H,21,24). The van der Waals surface area contributed by atoms with Gasteiger partial charge in [-0.25, -0.2) is 8.42 Å². The van der Waals surface area contributed by atoms with Crippen molar-refractivity contribution in [2.75, 3.05) is 27.7 Å². The number of fused-ring (bicyclic) bond motifs is 1. The van der Waals surface area contributed by atoms with Crippen molar-refractivity contribution in [1.82, 2.24) is 0 Å². The molecule has 2 amide bonds. The van der Waals surface area contributed by atoms with E-state index >= 15 is 0 Å². The molecule has 0 atom stereocenters. The summed E-state index contributed by atoms with van der Waals surface area (Å²) in [7, 11) is -3.36. The summed E-state index contributed by atoms with van der Waals surface area (Å²) in [5, 5.41) is 5.44. The molecule has 2 N–H and O–H groups in total. The van der Waals surface area contributed by atoms with Crippen molar-refractivity contribution in [3.05, 3.63) is 66.2 Å². The molecule has 1 aliphatic rings. The molecule has 0 bridgehead atoms. The highest BCUT2D eigenvalue weighted by Crippen LogP contribution is 2.35. The van der Waals surface area contributed by atoms with Crippen LogP contribution >= 0.6 is 0 Å². The molecule has 8 heteroatoms. The lowest BCUT2D eigenvalue weighted by Crippen LogP contribution is -2.27. The Hall–Kier alpha value is -3.13. The molecule has 0 unspecified atom stereocenters. The van der Waals surface area contributed by atoms with E-state index in [-0.39, 0.29) is 11.8 Å². The summed E-state index contributed by atoms with van der Waals surface area (Å²) in [4.78, 5) is 24.0. The molecule has 0 spiro atoms. The van der Waals surface area contributed by atoms with Crippen LogP contribution < -0.4 is 14.9 Å². The number of anilines is 3. The van der Waals surface area contributed by atoms with Crippen molar-refractivity contribution < 1.29 is 18.0 Å². The van der Waals surface area contributed by atoms with Gasteiger partial charge >= 0.3 is 0 Å². The Morgan fingerprint density at radius 1 is 1.15 bits per heavy atom. The monoisotopic (exact) mass is 385 g/mol. The average molecular weight is 385 g/mol. The molecule has 1 heterocycles. The molecular weight excluding hydrogens is 366 g/mol. The first kappa shape index (κ1) is 18.7. The van der Waals surface area contributed by atoms with E-state index in [0.717, 1.165) is 17.9 Å². The van der Waals surface area contributed by atoms with Gasteiger partial charge < -0.3 is 10.6 Å². The van der Waals surface area contributed by atoms with E-state index in [0.29, 0.717) is 35.6 Å². The second-order valence-electron chi connectivity index (χ2n) is 6.12. The van der Waals surface area contributed by atoms with Crippen LogP contribution in [0.15, 0.2) is 55.1 Å². The van der Waals surface area contributed by atoms with Crippen LogP contribution in [0.2, 0.25) is 0 Å². The lowest BCUT2D eigenvalue weighted by molar-refractivity contribution is -0.111. The van der Waals surface area contributed by atoms with Gasteiger partial charge in [-0.1, -0.05) is 18.7 Å². The number of hydrogen-bond acceptors (Lipinski definition) is 4. The number of carbonyl (C=O) groups excluding carboxylic acids is 2. The number of nitrogens with zero attached hydrogens (tertiary/aromatic N) is 1. The minimum Gasteiger partial charge on any atom is -0.323 e. The fourth-order valence-electron chi connectivity index (χ4n) is 2.99. The van der Waals surface area contributed by atoms with Crippen molar-refractivity contribution >= 4 is 38.9 Å². The maximum atomic E-state index is 12.6. The minimum absolute atomic E-state index is 0.351. The van der Waals surface area contributed by atoms with Gasteiger partial charge in [0.25, 0.3) is 5.91 Å². The molecule has 3 rings (SSSR count). The summed E-state index contributed by atoms with van der Waals surface area (Å²) in [6.07, 6.45) is 2.83. The zero-order valence-electron chi connectivity index (χ0n) is 14.7. The third-order valence-electron chi connectivity index (χ3n) is 4.21. The summed E-state index contributed by atoms with van der Waals surface area (Å²) in [5.41, 5.74) is 2.79. The Labute approximate surface area is 157 Å². The third kappa shape index (κ3) is 4.01. The van der Waals surface area contributed by atoms with Crippen LogP contribution in [0, 0.1) is 0 Å². The zero-order chi connectivity index (χ0) is 19.6. The molecule has 0 aromatic heterocycles. The quantitative estimate of drug-likeness (QED) is 0.773. The van der Waals surface area contributed by atoms with Crippen molar-refractivity contribution in [2.24, 2.45) is 0 Å². The molecule has 7 nitrogen and oxygen atoms in total. The van der Waals surface area contributed by atoms with Gasteiger partial charge in [-0.05, 0) is 42.8 Å². The highest BCUT2D eigenvalue weighted by atomic mass is 32.2. The first-order valence-corrected chi connectivity index (χ1v) is 10.1. The smallest absolute Gasteiger partial charge is 0.255 e. The molecule has 0 fully saturated rings. The van der Waals surface area contributed by atoms with Crippen molar-refractivity contribution in [3.63, 3.8) is 0 Å². The van der Waals surface area contributed by atoms with Crippen LogP contribution in [0.3, 0.4) is 0 Å². The second-order valence-corrected chi connectivity index (χ2v) is 8.02. The van der Waals surface area contributed by atoms with Crippen molar-refractivity contribution in [1.29, 1.82) is 0 Å². The number of benzene rings is 2. The number of amides is 2. The van der Waals surface area contributed by atoms with Crippen LogP contribution in [0.1, 0.15) is 15.9 Å². The SMILES string of the molecule is C=CC(=O)Nc1cccc(C(=O)Nc2cccc3c2CCN3S(C)(=O)=O)c1. The maximum absolute atomic E-state index is 12.6. The number of sulfonamides is 1. The van der Waals surface area contributed by atoms with Gasteiger partial charge in [0.05, 0.1) is 11.9 Å². The number of carbonyl (C=O) groups is 2. The topological polar surface area (TPSA) is 95.6 Å². The molecular formula is C19H19N3O4S. The molecule has 0 saturated carbocycles. The Balaban J connectivity index is 1.84. The van der Waals surface area contributed by atoms with E-state index in [1.165, 1.54) is 4.31 Å². The summed E-state index contributed by atoms with van der Waals surface area (Å²) >= 11 is 0. The molecule has 1 aliphatic heterocycles. The van der Waals surface area contributed by atoms with Crippen molar-refractivity contribution in [3.8, 4) is 0 Å². The molecule has 2 aromatic carbocycles. The largest absolute Gasteiger partial charge is 0.323 e. The highest BCUT2D eigenvalue weighted by Gasteiger charge is 2.28. The number of rotatable bonds is 5. The lowest BCUT2D eigenvalue weighted by Gasteiger charge is -2.17. The molecule has 0 radical (unpaired) electrons. The van der Waals surface area contributed by atoms with Crippen molar-refractivity contribution in [2.45, 2.75) is 6.42 Å². The average Bonchev–Trinajstić information content (AvgIpc) is 3.07. The third-order valence-corrected chi connectivity index (χ3v) is 5.39. The van der Waals surface area contributed by atoms with Crippen LogP contribution in [0.5, 0.6) is 0 Å². The number of hydrogen-bond donors (Lipinski definition) is 2. The molecule has 0 saturated heterocycles. The minimum atomic E-state index is -3.36. The van der Waals surface area contributed by atoms with Gasteiger partial charge in [-0.15, -0.1) is 0 Å². The summed E-state index contributed by atoms with van der Waals surface area (Å²) < 4.78 is 25.1. The van der Waals surface area contributed by atoms with E-state index < -0.39 is 10.0 Å². The van der Waals surface area contributed by atoms with Crippen LogP contribution in [0.4, 0.5) is 17.1 Å². The normalized spacial score (nSPS) is 13.0. The maximum Gasteiger partial charge on any atom is 0.255 e.